The molecule has 0 heteroatoms. The summed E-state index contributed by atoms with van der Waals surface area (Å²) in [5, 5.41) is 0. The molecule has 0 aromatic heterocycles. The summed E-state index contributed by atoms with van der Waals surface area (Å²) in [7, 11) is 0. The molecule has 9 aliphatic carbocycles. The van der Waals surface area contributed by atoms with Crippen molar-refractivity contribution in [2.24, 2.45) is 0 Å². The zero-order chi connectivity index (χ0) is 47.2. The smallest absolute Gasteiger partial charge is 0.0764 e. The van der Waals surface area contributed by atoms with E-state index < -0.39 is 16.2 Å². The van der Waals surface area contributed by atoms with Crippen LogP contribution in [-0.4, -0.2) is 0 Å². The van der Waals surface area contributed by atoms with Gasteiger partial charge in [0.2, 0.25) is 0 Å². The first-order valence-electron chi connectivity index (χ1n) is 25.3. The van der Waals surface area contributed by atoms with Gasteiger partial charge in [-0.2, -0.15) is 0 Å². The average molecular weight is 907 g/mol. The highest BCUT2D eigenvalue weighted by Gasteiger charge is 2.53. The lowest BCUT2D eigenvalue weighted by atomic mass is 9.53. The third-order valence-corrected chi connectivity index (χ3v) is 17.3. The zero-order valence-electron chi connectivity index (χ0n) is 39.2. The molecule has 0 unspecified atom stereocenters. The highest BCUT2D eigenvalue weighted by molar-refractivity contribution is 5.80. The maximum absolute atomic E-state index is 4.14. The van der Waals surface area contributed by atoms with Gasteiger partial charge in [-0.1, -0.05) is 260 Å². The van der Waals surface area contributed by atoms with E-state index in [4.69, 9.17) is 0 Å². The van der Waals surface area contributed by atoms with Crippen LogP contribution in [0, 0.1) is 35.5 Å². The molecule has 0 radical (unpaired) electrons. The van der Waals surface area contributed by atoms with Gasteiger partial charge in [0.25, 0.3) is 0 Å². The molecule has 330 valence electrons. The van der Waals surface area contributed by atoms with Gasteiger partial charge in [0.05, 0.1) is 5.56 Å². The predicted molar refractivity (Wildman–Crippen MR) is 288 cm³/mol. The standard InChI is InChI=1S/C72H42/c1-10-31-58-49(22-1)67-50-23-2-11-32-59(50)70(58,60-33-12-3-24-51(60)67)43-40-46-20-19-21-47(41-44-71-61-34-13-4-25-52(61)68(53-26-5-14-35-62(53)71)54-27-6-15-36-63(54)71)48(46)42-45-72-64-37-16-7-28-55(64)69(56-29-8-17-38-65(56)72)57-30-9-18-39-66(57)72/h1-39,67-69H. The molecular weight excluding hydrogens is 865 g/mol. The van der Waals surface area contributed by atoms with Crippen molar-refractivity contribution < 1.29 is 0 Å². The van der Waals surface area contributed by atoms with E-state index in [2.05, 4.69) is 272 Å². The Hall–Kier alpha value is -9.12. The minimum absolute atomic E-state index is 0.147. The van der Waals surface area contributed by atoms with Crippen molar-refractivity contribution in [3.63, 3.8) is 0 Å². The van der Waals surface area contributed by atoms with Crippen LogP contribution in [0.4, 0.5) is 0 Å². The first kappa shape index (κ1) is 39.7. The van der Waals surface area contributed by atoms with Gasteiger partial charge >= 0.3 is 0 Å². The first-order chi connectivity index (χ1) is 35.7. The second-order valence-corrected chi connectivity index (χ2v) is 20.3. The molecule has 0 amide bonds. The lowest BCUT2D eigenvalue weighted by Crippen LogP contribution is -2.41. The van der Waals surface area contributed by atoms with E-state index in [1.54, 1.807) is 0 Å². The fraction of sp³-hybridized carbons (Fsp3) is 0.0833. The van der Waals surface area contributed by atoms with Crippen LogP contribution < -0.4 is 0 Å². The van der Waals surface area contributed by atoms with Gasteiger partial charge in [0.1, 0.15) is 16.2 Å². The number of hydrogen-bond acceptors (Lipinski definition) is 0. The van der Waals surface area contributed by atoms with Crippen molar-refractivity contribution in [1.29, 1.82) is 0 Å². The lowest BCUT2D eigenvalue weighted by Gasteiger charge is -2.48. The second kappa shape index (κ2) is 14.5. The van der Waals surface area contributed by atoms with Crippen molar-refractivity contribution in [3.05, 3.63) is 353 Å². The van der Waals surface area contributed by atoms with E-state index in [9.17, 15) is 0 Å². The molecule has 10 aromatic carbocycles. The molecule has 19 rings (SSSR count). The SMILES string of the molecule is C(#CC12c3ccccc3C(c3ccccc31)c1ccccc12)c1cccc(C#CC23c4ccccc4C(c4ccccc42)c2ccccc23)c1C#CC12c3ccccc3C(c3ccccc31)c1ccccc12. The van der Waals surface area contributed by atoms with Gasteiger partial charge in [-0.05, 0) is 112 Å². The van der Waals surface area contributed by atoms with E-state index in [1.807, 2.05) is 0 Å². The van der Waals surface area contributed by atoms with Crippen molar-refractivity contribution in [3.8, 4) is 35.5 Å². The van der Waals surface area contributed by atoms with Crippen molar-refractivity contribution in [2.45, 2.75) is 34.0 Å². The minimum atomic E-state index is -0.724. The summed E-state index contributed by atoms with van der Waals surface area (Å²) in [6, 6.07) is 87.4. The molecule has 6 bridgehead atoms. The molecule has 10 aromatic rings. The molecule has 0 nitrogen and oxygen atoms in total. The highest BCUT2D eigenvalue weighted by atomic mass is 14.5. The summed E-state index contributed by atoms with van der Waals surface area (Å²) in [4.78, 5) is 0. The van der Waals surface area contributed by atoms with Crippen LogP contribution in [0.5, 0.6) is 0 Å². The largest absolute Gasteiger partial charge is 0.107 e. The molecule has 0 aliphatic heterocycles. The Morgan fingerprint density at radius 2 is 0.403 bits per heavy atom. The maximum atomic E-state index is 4.14. The minimum Gasteiger partial charge on any atom is -0.0764 e. The summed E-state index contributed by atoms with van der Waals surface area (Å²) in [5.74, 6) is 24.7. The molecule has 0 spiro atoms. The average Bonchev–Trinajstić information content (AvgIpc) is 3.46. The van der Waals surface area contributed by atoms with Gasteiger partial charge in [-0.25, -0.2) is 0 Å². The maximum Gasteiger partial charge on any atom is 0.107 e. The molecule has 0 atom stereocenters. The first-order valence-corrected chi connectivity index (χ1v) is 25.3. The Morgan fingerprint density at radius 3 is 0.625 bits per heavy atom. The molecule has 72 heavy (non-hydrogen) atoms. The van der Waals surface area contributed by atoms with Gasteiger partial charge in [0.15, 0.2) is 0 Å². The number of rotatable bonds is 0. The Bertz CT molecular complexity index is 3700. The van der Waals surface area contributed by atoms with E-state index in [1.165, 1.54) is 100 Å². The van der Waals surface area contributed by atoms with Crippen molar-refractivity contribution in [2.75, 3.05) is 0 Å². The quantitative estimate of drug-likeness (QED) is 0.133. The molecular formula is C72H42. The third kappa shape index (κ3) is 4.86. The Morgan fingerprint density at radius 1 is 0.208 bits per heavy atom. The fourth-order valence-corrected chi connectivity index (χ4v) is 14.6. The molecule has 9 aliphatic rings. The predicted octanol–water partition coefficient (Wildman–Crippen LogP) is 14.3. The Balaban J connectivity index is 0.993. The second-order valence-electron chi connectivity index (χ2n) is 20.3. The summed E-state index contributed by atoms with van der Waals surface area (Å²) >= 11 is 0. The summed E-state index contributed by atoms with van der Waals surface area (Å²) in [5.41, 5.74) is 23.7. The Labute approximate surface area is 420 Å². The fourth-order valence-electron chi connectivity index (χ4n) is 14.6. The zero-order valence-corrected chi connectivity index (χ0v) is 39.2. The van der Waals surface area contributed by atoms with E-state index in [-0.39, 0.29) is 17.8 Å². The lowest BCUT2D eigenvalue weighted by molar-refractivity contribution is 0.666. The van der Waals surface area contributed by atoms with Gasteiger partial charge in [-0.3, -0.25) is 0 Å². The number of hydrogen-bond donors (Lipinski definition) is 0. The molecule has 0 saturated heterocycles. The van der Waals surface area contributed by atoms with E-state index >= 15 is 0 Å². The van der Waals surface area contributed by atoms with Crippen LogP contribution in [0.2, 0.25) is 0 Å². The van der Waals surface area contributed by atoms with Gasteiger partial charge in [-0.15, -0.1) is 0 Å². The van der Waals surface area contributed by atoms with Crippen molar-refractivity contribution >= 4 is 0 Å². The molecule has 0 saturated carbocycles. The van der Waals surface area contributed by atoms with Crippen LogP contribution in [0.15, 0.2) is 237 Å². The summed E-state index contributed by atoms with van der Waals surface area (Å²) in [6.07, 6.45) is 0. The van der Waals surface area contributed by atoms with Crippen LogP contribution in [-0.2, 0) is 16.2 Å². The van der Waals surface area contributed by atoms with Gasteiger partial charge < -0.3 is 0 Å². The monoisotopic (exact) mass is 906 g/mol. The van der Waals surface area contributed by atoms with Crippen LogP contribution in [0.1, 0.15) is 135 Å². The summed E-state index contributed by atoms with van der Waals surface area (Å²) in [6.45, 7) is 0. The Kier molecular flexibility index (Phi) is 7.98. The van der Waals surface area contributed by atoms with E-state index in [0.29, 0.717) is 0 Å². The van der Waals surface area contributed by atoms with Gasteiger partial charge in [0, 0.05) is 28.9 Å². The van der Waals surface area contributed by atoms with Crippen LogP contribution in [0.25, 0.3) is 0 Å². The summed E-state index contributed by atoms with van der Waals surface area (Å²) < 4.78 is 0. The number of benzene rings is 10. The van der Waals surface area contributed by atoms with Crippen LogP contribution in [0.3, 0.4) is 0 Å². The molecule has 0 N–H and O–H groups in total. The van der Waals surface area contributed by atoms with Crippen LogP contribution >= 0.6 is 0 Å². The van der Waals surface area contributed by atoms with Crippen molar-refractivity contribution in [1.82, 2.24) is 0 Å². The third-order valence-electron chi connectivity index (χ3n) is 17.3. The topological polar surface area (TPSA) is 0 Å². The molecule has 0 fully saturated rings. The van der Waals surface area contributed by atoms with E-state index in [0.717, 1.165) is 16.7 Å². The molecule has 0 heterocycles. The highest BCUT2D eigenvalue weighted by Crippen LogP contribution is 2.62. The normalized spacial score (nSPS) is 22.4.